The summed E-state index contributed by atoms with van der Waals surface area (Å²) in [5.74, 6) is 7.21. The minimum absolute atomic E-state index is 0.0967. The predicted octanol–water partition coefficient (Wildman–Crippen LogP) is 2.42. The molecule has 0 radical (unpaired) electrons. The van der Waals surface area contributed by atoms with Crippen molar-refractivity contribution in [1.29, 1.82) is 0 Å². The van der Waals surface area contributed by atoms with Gasteiger partial charge in [-0.05, 0) is 42.9 Å². The van der Waals surface area contributed by atoms with Gasteiger partial charge in [0.25, 0.3) is 5.91 Å². The molecule has 3 heteroatoms. The lowest BCUT2D eigenvalue weighted by atomic mass is 9.95. The SMILES string of the molecule is Cc1ccc(C(=O)N2CCC(C(C)C)C2)c(C#CCN)c1. The van der Waals surface area contributed by atoms with Gasteiger partial charge in [0.1, 0.15) is 0 Å². The number of benzene rings is 1. The lowest BCUT2D eigenvalue weighted by Gasteiger charge is -2.19. The van der Waals surface area contributed by atoms with Crippen molar-refractivity contribution in [2.45, 2.75) is 27.2 Å². The summed E-state index contributed by atoms with van der Waals surface area (Å²) in [6.07, 6.45) is 1.10. The Bertz CT molecular complexity index is 581. The van der Waals surface area contributed by atoms with E-state index in [0.717, 1.165) is 30.6 Å². The Morgan fingerprint density at radius 1 is 1.48 bits per heavy atom. The molecule has 1 aromatic rings. The standard InChI is InChI=1S/C18H24N2O/c1-13(2)16-8-10-20(12-16)18(21)17-7-6-14(3)11-15(17)5-4-9-19/h6-7,11,13,16H,8-10,12,19H2,1-3H3. The molecule has 1 aliphatic rings. The molecule has 1 fully saturated rings. The quantitative estimate of drug-likeness (QED) is 0.848. The van der Waals surface area contributed by atoms with Gasteiger partial charge in [0, 0.05) is 18.7 Å². The summed E-state index contributed by atoms with van der Waals surface area (Å²) in [7, 11) is 0. The fraction of sp³-hybridized carbons (Fsp3) is 0.500. The Kier molecular flexibility index (Phi) is 5.03. The number of likely N-dealkylation sites (tertiary alicyclic amines) is 1. The summed E-state index contributed by atoms with van der Waals surface area (Å²) in [4.78, 5) is 14.7. The Balaban J connectivity index is 2.23. The summed E-state index contributed by atoms with van der Waals surface area (Å²) in [5.41, 5.74) is 8.04. The minimum atomic E-state index is 0.0967. The zero-order valence-electron chi connectivity index (χ0n) is 13.1. The highest BCUT2D eigenvalue weighted by atomic mass is 16.2. The molecule has 1 saturated heterocycles. The van der Waals surface area contributed by atoms with E-state index in [9.17, 15) is 4.79 Å². The molecule has 1 heterocycles. The van der Waals surface area contributed by atoms with Gasteiger partial charge in [0.15, 0.2) is 0 Å². The molecular weight excluding hydrogens is 260 g/mol. The van der Waals surface area contributed by atoms with Crippen LogP contribution in [0.25, 0.3) is 0 Å². The summed E-state index contributed by atoms with van der Waals surface area (Å²) < 4.78 is 0. The molecule has 1 aliphatic heterocycles. The number of carbonyl (C=O) groups is 1. The molecule has 0 spiro atoms. The van der Waals surface area contributed by atoms with Crippen molar-refractivity contribution in [2.75, 3.05) is 19.6 Å². The summed E-state index contributed by atoms with van der Waals surface area (Å²) in [6, 6.07) is 5.82. The monoisotopic (exact) mass is 284 g/mol. The number of hydrogen-bond acceptors (Lipinski definition) is 2. The molecule has 2 N–H and O–H groups in total. The Morgan fingerprint density at radius 2 is 2.24 bits per heavy atom. The maximum absolute atomic E-state index is 12.7. The average molecular weight is 284 g/mol. The van der Waals surface area contributed by atoms with E-state index in [1.54, 1.807) is 0 Å². The van der Waals surface area contributed by atoms with E-state index in [1.165, 1.54) is 0 Å². The first kappa shape index (κ1) is 15.6. The van der Waals surface area contributed by atoms with Crippen LogP contribution < -0.4 is 5.73 Å². The van der Waals surface area contributed by atoms with E-state index in [0.29, 0.717) is 23.9 Å². The predicted molar refractivity (Wildman–Crippen MR) is 86.0 cm³/mol. The molecule has 0 bridgehead atoms. The third-order valence-corrected chi connectivity index (χ3v) is 4.19. The maximum Gasteiger partial charge on any atom is 0.255 e. The zero-order valence-corrected chi connectivity index (χ0v) is 13.1. The van der Waals surface area contributed by atoms with Crippen molar-refractivity contribution < 1.29 is 4.79 Å². The summed E-state index contributed by atoms with van der Waals surface area (Å²) in [6.45, 7) is 8.46. The van der Waals surface area contributed by atoms with Crippen molar-refractivity contribution in [3.63, 3.8) is 0 Å². The molecule has 1 aromatic carbocycles. The van der Waals surface area contributed by atoms with E-state index >= 15 is 0 Å². The Hall–Kier alpha value is -1.79. The van der Waals surface area contributed by atoms with Crippen molar-refractivity contribution in [3.05, 3.63) is 34.9 Å². The molecule has 2 rings (SSSR count). The lowest BCUT2D eigenvalue weighted by molar-refractivity contribution is 0.0784. The van der Waals surface area contributed by atoms with Gasteiger partial charge in [0.05, 0.1) is 12.1 Å². The van der Waals surface area contributed by atoms with Crippen LogP contribution in [0.4, 0.5) is 0 Å². The Labute approximate surface area is 127 Å². The fourth-order valence-corrected chi connectivity index (χ4v) is 2.78. The number of hydrogen-bond donors (Lipinski definition) is 1. The van der Waals surface area contributed by atoms with Gasteiger partial charge in [-0.25, -0.2) is 0 Å². The maximum atomic E-state index is 12.7. The fourth-order valence-electron chi connectivity index (χ4n) is 2.78. The van der Waals surface area contributed by atoms with Gasteiger partial charge in [-0.3, -0.25) is 4.79 Å². The van der Waals surface area contributed by atoms with Crippen LogP contribution in [-0.2, 0) is 0 Å². The minimum Gasteiger partial charge on any atom is -0.338 e. The van der Waals surface area contributed by atoms with Gasteiger partial charge in [0.2, 0.25) is 0 Å². The van der Waals surface area contributed by atoms with E-state index in [2.05, 4.69) is 25.7 Å². The van der Waals surface area contributed by atoms with Crippen molar-refractivity contribution in [3.8, 4) is 11.8 Å². The van der Waals surface area contributed by atoms with Crippen LogP contribution in [0.3, 0.4) is 0 Å². The van der Waals surface area contributed by atoms with Crippen LogP contribution in [0, 0.1) is 30.6 Å². The van der Waals surface area contributed by atoms with Crippen LogP contribution in [-0.4, -0.2) is 30.4 Å². The van der Waals surface area contributed by atoms with E-state index in [-0.39, 0.29) is 5.91 Å². The number of aryl methyl sites for hydroxylation is 1. The molecular formula is C18H24N2O. The first-order chi connectivity index (χ1) is 10.0. The van der Waals surface area contributed by atoms with E-state index < -0.39 is 0 Å². The molecule has 0 aliphatic carbocycles. The molecule has 112 valence electrons. The second-order valence-electron chi connectivity index (χ2n) is 6.10. The van der Waals surface area contributed by atoms with Crippen LogP contribution in [0.15, 0.2) is 18.2 Å². The second kappa shape index (κ2) is 6.78. The molecule has 1 atom stereocenters. The van der Waals surface area contributed by atoms with Gasteiger partial charge in [-0.2, -0.15) is 0 Å². The molecule has 1 unspecified atom stereocenters. The third-order valence-electron chi connectivity index (χ3n) is 4.19. The van der Waals surface area contributed by atoms with E-state index in [4.69, 9.17) is 5.73 Å². The molecule has 3 nitrogen and oxygen atoms in total. The van der Waals surface area contributed by atoms with Gasteiger partial charge >= 0.3 is 0 Å². The number of carbonyl (C=O) groups excluding carboxylic acids is 1. The highest BCUT2D eigenvalue weighted by Crippen LogP contribution is 2.25. The van der Waals surface area contributed by atoms with Crippen molar-refractivity contribution in [1.82, 2.24) is 4.90 Å². The lowest BCUT2D eigenvalue weighted by Crippen LogP contribution is -2.30. The molecule has 0 saturated carbocycles. The van der Waals surface area contributed by atoms with Crippen LogP contribution in [0.1, 0.15) is 41.8 Å². The number of nitrogens with zero attached hydrogens (tertiary/aromatic N) is 1. The number of nitrogens with two attached hydrogens (primary N) is 1. The average Bonchev–Trinajstić information content (AvgIpc) is 2.94. The van der Waals surface area contributed by atoms with E-state index in [1.807, 2.05) is 30.0 Å². The highest BCUT2D eigenvalue weighted by Gasteiger charge is 2.29. The number of amides is 1. The topological polar surface area (TPSA) is 46.3 Å². The second-order valence-corrected chi connectivity index (χ2v) is 6.10. The van der Waals surface area contributed by atoms with Crippen molar-refractivity contribution >= 4 is 5.91 Å². The molecule has 0 aromatic heterocycles. The molecule has 21 heavy (non-hydrogen) atoms. The van der Waals surface area contributed by atoms with Gasteiger partial charge < -0.3 is 10.6 Å². The summed E-state index contributed by atoms with van der Waals surface area (Å²) >= 11 is 0. The smallest absolute Gasteiger partial charge is 0.255 e. The van der Waals surface area contributed by atoms with Crippen molar-refractivity contribution in [2.24, 2.45) is 17.6 Å². The third kappa shape index (κ3) is 3.65. The van der Waals surface area contributed by atoms with Gasteiger partial charge in [-0.15, -0.1) is 0 Å². The first-order valence-electron chi connectivity index (χ1n) is 7.61. The molecule has 1 amide bonds. The number of rotatable bonds is 2. The van der Waals surface area contributed by atoms with Gasteiger partial charge in [-0.1, -0.05) is 31.8 Å². The summed E-state index contributed by atoms with van der Waals surface area (Å²) in [5, 5.41) is 0. The first-order valence-corrected chi connectivity index (χ1v) is 7.61. The largest absolute Gasteiger partial charge is 0.338 e. The highest BCUT2D eigenvalue weighted by molar-refractivity contribution is 5.97. The van der Waals surface area contributed by atoms with Crippen LogP contribution in [0.5, 0.6) is 0 Å². The normalized spacial score (nSPS) is 17.8. The van der Waals surface area contributed by atoms with Crippen LogP contribution in [0.2, 0.25) is 0 Å². The zero-order chi connectivity index (χ0) is 15.4. The van der Waals surface area contributed by atoms with Crippen LogP contribution >= 0.6 is 0 Å². The Morgan fingerprint density at radius 3 is 2.86 bits per heavy atom.